The number of allylic oxidation sites excluding steroid dienone is 2. The van der Waals surface area contributed by atoms with Crippen molar-refractivity contribution >= 4 is 23.8 Å². The van der Waals surface area contributed by atoms with Gasteiger partial charge in [-0.1, -0.05) is 32.0 Å². The Morgan fingerprint density at radius 2 is 1.88 bits per heavy atom. The van der Waals surface area contributed by atoms with Crippen LogP contribution in [-0.4, -0.2) is 22.5 Å². The van der Waals surface area contributed by atoms with Crippen LogP contribution < -0.4 is 16.5 Å². The fraction of sp³-hybridized carbons (Fsp3) is 0.222. The van der Waals surface area contributed by atoms with Crippen LogP contribution in [0.25, 0.3) is 5.57 Å². The van der Waals surface area contributed by atoms with E-state index in [1.54, 1.807) is 0 Å². The van der Waals surface area contributed by atoms with E-state index in [2.05, 4.69) is 20.3 Å². The summed E-state index contributed by atoms with van der Waals surface area (Å²) >= 11 is 0. The molecule has 0 radical (unpaired) electrons. The average Bonchev–Trinajstić information content (AvgIpc) is 2.56. The highest BCUT2D eigenvalue weighted by Crippen LogP contribution is 2.22. The van der Waals surface area contributed by atoms with Crippen molar-refractivity contribution < 1.29 is 0 Å². The van der Waals surface area contributed by atoms with E-state index in [1.165, 1.54) is 6.21 Å². The number of hydrogen-bond donors (Lipinski definition) is 5. The van der Waals surface area contributed by atoms with Gasteiger partial charge in [-0.25, -0.2) is 4.99 Å². The fourth-order valence-electron chi connectivity index (χ4n) is 2.57. The standard InChI is InChI=1S/C18H22N6O/c1-11(2)15-16(23-18(21-10-20)24-17(15)25)14(9-19)12(3)22-13-7-5-4-6-8-13/h4-11,19,22H,1-3H3,(H3,20,21,23,24,25)/b14-12+,19-9?. The summed E-state index contributed by atoms with van der Waals surface area (Å²) in [4.78, 5) is 21.9. The highest BCUT2D eigenvalue weighted by Gasteiger charge is 2.17. The second-order valence-corrected chi connectivity index (χ2v) is 5.80. The molecule has 0 fully saturated rings. The third-order valence-electron chi connectivity index (χ3n) is 3.68. The number of anilines is 1. The SMILES string of the molecule is C/C(Nc1ccccc1)=C(/C=N)c1[nH]/c(=N/C=N)[nH]c(=O)c1C(C)C. The van der Waals surface area contributed by atoms with Gasteiger partial charge in [-0.2, -0.15) is 0 Å². The molecule has 0 atom stereocenters. The van der Waals surface area contributed by atoms with E-state index in [0.717, 1.165) is 17.7 Å². The first kappa shape index (κ1) is 18.1. The summed E-state index contributed by atoms with van der Waals surface area (Å²) in [6.45, 7) is 5.67. The van der Waals surface area contributed by atoms with Gasteiger partial charge >= 0.3 is 0 Å². The van der Waals surface area contributed by atoms with E-state index in [9.17, 15) is 4.79 Å². The zero-order valence-corrected chi connectivity index (χ0v) is 14.5. The number of H-pyrrole nitrogens is 2. The quantitative estimate of drug-likeness (QED) is 0.411. The van der Waals surface area contributed by atoms with E-state index in [-0.39, 0.29) is 17.1 Å². The average molecular weight is 338 g/mol. The molecule has 25 heavy (non-hydrogen) atoms. The molecule has 1 aromatic carbocycles. The second kappa shape index (κ2) is 8.05. The Morgan fingerprint density at radius 1 is 1.20 bits per heavy atom. The third kappa shape index (κ3) is 4.20. The van der Waals surface area contributed by atoms with Gasteiger partial charge in [0.25, 0.3) is 5.56 Å². The van der Waals surface area contributed by atoms with Crippen molar-refractivity contribution in [1.82, 2.24) is 9.97 Å². The van der Waals surface area contributed by atoms with E-state index < -0.39 is 0 Å². The summed E-state index contributed by atoms with van der Waals surface area (Å²) in [6, 6.07) is 9.60. The van der Waals surface area contributed by atoms with Gasteiger partial charge < -0.3 is 15.7 Å². The van der Waals surface area contributed by atoms with E-state index in [0.29, 0.717) is 16.8 Å². The molecule has 0 aliphatic rings. The predicted molar refractivity (Wildman–Crippen MR) is 101 cm³/mol. The predicted octanol–water partition coefficient (Wildman–Crippen LogP) is 2.83. The van der Waals surface area contributed by atoms with Gasteiger partial charge in [0.05, 0.1) is 5.69 Å². The van der Waals surface area contributed by atoms with Crippen LogP contribution in [0, 0.1) is 10.8 Å². The first-order valence-electron chi connectivity index (χ1n) is 7.91. The monoisotopic (exact) mass is 338 g/mol. The normalized spacial score (nSPS) is 12.7. The molecule has 2 aromatic rings. The van der Waals surface area contributed by atoms with Gasteiger partial charge in [0.15, 0.2) is 0 Å². The Morgan fingerprint density at radius 3 is 2.44 bits per heavy atom. The van der Waals surface area contributed by atoms with Crippen molar-refractivity contribution in [2.75, 3.05) is 5.32 Å². The van der Waals surface area contributed by atoms with E-state index in [1.807, 2.05) is 51.1 Å². The molecule has 130 valence electrons. The number of rotatable bonds is 6. The van der Waals surface area contributed by atoms with Crippen molar-refractivity contribution in [2.24, 2.45) is 4.99 Å². The number of para-hydroxylation sites is 1. The Balaban J connectivity index is 2.68. The van der Waals surface area contributed by atoms with Crippen LogP contribution in [0.2, 0.25) is 0 Å². The number of aromatic nitrogens is 2. The van der Waals surface area contributed by atoms with Crippen LogP contribution in [0.5, 0.6) is 0 Å². The maximum absolute atomic E-state index is 12.4. The molecule has 5 N–H and O–H groups in total. The van der Waals surface area contributed by atoms with Crippen LogP contribution in [0.1, 0.15) is 37.9 Å². The van der Waals surface area contributed by atoms with Gasteiger partial charge in [-0.05, 0) is 25.0 Å². The Bertz CT molecular complexity index is 919. The molecular weight excluding hydrogens is 316 g/mol. The van der Waals surface area contributed by atoms with Gasteiger partial charge in [-0.3, -0.25) is 15.2 Å². The summed E-state index contributed by atoms with van der Waals surface area (Å²) in [5.74, 6) is -0.0523. The molecule has 0 bridgehead atoms. The topological polar surface area (TPSA) is 121 Å². The molecule has 0 amide bonds. The lowest BCUT2D eigenvalue weighted by molar-refractivity contribution is 0.807. The van der Waals surface area contributed by atoms with Crippen LogP contribution in [0.3, 0.4) is 0 Å². The zero-order chi connectivity index (χ0) is 18.4. The highest BCUT2D eigenvalue weighted by molar-refractivity contribution is 6.09. The van der Waals surface area contributed by atoms with Gasteiger partial charge in [0.2, 0.25) is 5.62 Å². The minimum absolute atomic E-state index is 0.0523. The molecule has 0 unspecified atom stereocenters. The largest absolute Gasteiger partial charge is 0.359 e. The van der Waals surface area contributed by atoms with Crippen molar-refractivity contribution in [2.45, 2.75) is 26.7 Å². The fourth-order valence-corrected chi connectivity index (χ4v) is 2.57. The van der Waals surface area contributed by atoms with Crippen LogP contribution in [-0.2, 0) is 0 Å². The van der Waals surface area contributed by atoms with E-state index in [4.69, 9.17) is 10.8 Å². The molecule has 0 aliphatic carbocycles. The molecule has 7 nitrogen and oxygen atoms in total. The lowest BCUT2D eigenvalue weighted by atomic mass is 9.97. The summed E-state index contributed by atoms with van der Waals surface area (Å²) < 4.78 is 0. The Labute approximate surface area is 145 Å². The van der Waals surface area contributed by atoms with Crippen LogP contribution in [0.15, 0.2) is 45.8 Å². The lowest BCUT2D eigenvalue weighted by Gasteiger charge is -2.15. The second-order valence-electron chi connectivity index (χ2n) is 5.80. The lowest BCUT2D eigenvalue weighted by Crippen LogP contribution is -2.30. The minimum Gasteiger partial charge on any atom is -0.359 e. The molecule has 2 rings (SSSR count). The molecule has 0 spiro atoms. The molecule has 1 aromatic heterocycles. The molecule has 0 aliphatic heterocycles. The maximum Gasteiger partial charge on any atom is 0.256 e. The van der Waals surface area contributed by atoms with Crippen molar-refractivity contribution in [3.8, 4) is 0 Å². The number of nitrogens with zero attached hydrogens (tertiary/aromatic N) is 1. The summed E-state index contributed by atoms with van der Waals surface area (Å²) in [5, 5.41) is 18.2. The van der Waals surface area contributed by atoms with Gasteiger partial charge in [0.1, 0.15) is 6.34 Å². The van der Waals surface area contributed by atoms with Crippen molar-refractivity contribution in [3.05, 3.63) is 63.3 Å². The minimum atomic E-state index is -0.281. The smallest absolute Gasteiger partial charge is 0.256 e. The number of hydrogen-bond acceptors (Lipinski definition) is 4. The van der Waals surface area contributed by atoms with Crippen LogP contribution >= 0.6 is 0 Å². The first-order chi connectivity index (χ1) is 12.0. The Kier molecular flexibility index (Phi) is 5.84. The molecule has 1 heterocycles. The maximum atomic E-state index is 12.4. The molecule has 7 heteroatoms. The third-order valence-corrected chi connectivity index (χ3v) is 3.68. The molecule has 0 saturated carbocycles. The first-order valence-corrected chi connectivity index (χ1v) is 7.91. The molecule has 0 saturated heterocycles. The van der Waals surface area contributed by atoms with Crippen LogP contribution in [0.4, 0.5) is 5.69 Å². The summed E-state index contributed by atoms with van der Waals surface area (Å²) in [5.41, 5.74) is 3.12. The Hall–Kier alpha value is -3.22. The van der Waals surface area contributed by atoms with Gasteiger partial charge in [0, 0.05) is 28.7 Å². The van der Waals surface area contributed by atoms with Gasteiger partial charge in [-0.15, -0.1) is 0 Å². The number of benzene rings is 1. The van der Waals surface area contributed by atoms with E-state index >= 15 is 0 Å². The number of aromatic amines is 2. The zero-order valence-electron chi connectivity index (χ0n) is 14.5. The summed E-state index contributed by atoms with van der Waals surface area (Å²) in [7, 11) is 0. The summed E-state index contributed by atoms with van der Waals surface area (Å²) in [6.07, 6.45) is 2.06. The highest BCUT2D eigenvalue weighted by atomic mass is 16.1. The van der Waals surface area contributed by atoms with Crippen molar-refractivity contribution in [3.63, 3.8) is 0 Å². The molecular formula is C18H22N6O. The van der Waals surface area contributed by atoms with Crippen molar-refractivity contribution in [1.29, 1.82) is 10.8 Å². The number of nitrogens with one attached hydrogen (secondary N) is 5.